The van der Waals surface area contributed by atoms with Gasteiger partial charge in [-0.2, -0.15) is 0 Å². The van der Waals surface area contributed by atoms with Crippen LogP contribution in [0.15, 0.2) is 17.2 Å². The Labute approximate surface area is 124 Å². The van der Waals surface area contributed by atoms with Crippen LogP contribution < -0.4 is 5.14 Å². The lowest BCUT2D eigenvalue weighted by molar-refractivity contribution is 0.00345. The monoisotopic (exact) mass is 316 g/mol. The topological polar surface area (TPSA) is 101 Å². The predicted molar refractivity (Wildman–Crippen MR) is 75.4 cm³/mol. The highest BCUT2D eigenvalue weighted by Gasteiger charge is 2.30. The van der Waals surface area contributed by atoms with Crippen LogP contribution in [0.25, 0.3) is 0 Å². The molecule has 0 amide bonds. The molecule has 1 unspecified atom stereocenters. The summed E-state index contributed by atoms with van der Waals surface area (Å²) in [5.41, 5.74) is 0.213. The molecule has 7 nitrogen and oxygen atoms in total. The second-order valence-electron chi connectivity index (χ2n) is 5.12. The normalized spacial score (nSPS) is 16.7. The van der Waals surface area contributed by atoms with Crippen LogP contribution in [0.2, 0.25) is 0 Å². The van der Waals surface area contributed by atoms with E-state index < -0.39 is 22.1 Å². The lowest BCUT2D eigenvalue weighted by Crippen LogP contribution is -2.22. The Balaban J connectivity index is 2.18. The van der Waals surface area contributed by atoms with Gasteiger partial charge in [-0.25, -0.2) is 18.4 Å². The molecule has 1 aromatic heterocycles. The van der Waals surface area contributed by atoms with Crippen LogP contribution in [0.4, 0.5) is 0 Å². The minimum Gasteiger partial charge on any atom is -0.456 e. The van der Waals surface area contributed by atoms with Crippen molar-refractivity contribution in [1.29, 1.82) is 0 Å². The van der Waals surface area contributed by atoms with Crippen molar-refractivity contribution >= 4 is 16.0 Å². The van der Waals surface area contributed by atoms with Crippen molar-refractivity contribution in [2.75, 3.05) is 13.2 Å². The van der Waals surface area contributed by atoms with Crippen LogP contribution in [-0.2, 0) is 19.5 Å². The van der Waals surface area contributed by atoms with E-state index in [1.807, 2.05) is 6.92 Å². The van der Waals surface area contributed by atoms with Crippen molar-refractivity contribution in [2.45, 2.75) is 43.7 Å². The number of hydrogen-bond acceptors (Lipinski definition) is 5. The summed E-state index contributed by atoms with van der Waals surface area (Å²) in [4.78, 5) is 12.1. The number of aromatic nitrogens is 1. The number of rotatable bonds is 7. The third-order valence-electron chi connectivity index (χ3n) is 3.17. The maximum absolute atomic E-state index is 12.2. The number of primary sulfonamides is 1. The first-order valence-electron chi connectivity index (χ1n) is 6.86. The number of ether oxygens (including phenoxy) is 2. The molecule has 2 rings (SSSR count). The van der Waals surface area contributed by atoms with Gasteiger partial charge in [-0.05, 0) is 32.8 Å². The molecule has 118 valence electrons. The average molecular weight is 316 g/mol. The predicted octanol–water partition coefficient (Wildman–Crippen LogP) is 1.05. The van der Waals surface area contributed by atoms with Crippen LogP contribution in [0, 0.1) is 0 Å². The Hall–Kier alpha value is -1.38. The Morgan fingerprint density at radius 2 is 2.19 bits per heavy atom. The fourth-order valence-electron chi connectivity index (χ4n) is 1.99. The van der Waals surface area contributed by atoms with Crippen molar-refractivity contribution < 1.29 is 22.7 Å². The van der Waals surface area contributed by atoms with Gasteiger partial charge in [-0.3, -0.25) is 0 Å². The van der Waals surface area contributed by atoms with E-state index in [-0.39, 0.29) is 16.6 Å². The summed E-state index contributed by atoms with van der Waals surface area (Å²) in [6, 6.07) is 1.41. The molecule has 1 atom stereocenters. The number of nitrogens with zero attached hydrogens (tertiary/aromatic N) is 1. The summed E-state index contributed by atoms with van der Waals surface area (Å²) in [5, 5.41) is 5.11. The molecule has 1 aliphatic carbocycles. The van der Waals surface area contributed by atoms with Crippen LogP contribution in [0.1, 0.15) is 43.2 Å². The molecule has 1 fully saturated rings. The Morgan fingerprint density at radius 3 is 2.71 bits per heavy atom. The summed E-state index contributed by atoms with van der Waals surface area (Å²) in [6.45, 7) is 4.41. The fraction of sp³-hybridized carbons (Fsp3) is 0.615. The maximum Gasteiger partial charge on any atom is 0.355 e. The van der Waals surface area contributed by atoms with Gasteiger partial charge in [0.15, 0.2) is 0 Å². The molecule has 1 heterocycles. The highest BCUT2D eigenvalue weighted by molar-refractivity contribution is 7.89. The van der Waals surface area contributed by atoms with Crippen LogP contribution in [0.3, 0.4) is 0 Å². The minimum absolute atomic E-state index is 0.0705. The zero-order valence-electron chi connectivity index (χ0n) is 12.1. The van der Waals surface area contributed by atoms with E-state index in [0.29, 0.717) is 13.2 Å². The van der Waals surface area contributed by atoms with E-state index >= 15 is 0 Å². The largest absolute Gasteiger partial charge is 0.456 e. The van der Waals surface area contributed by atoms with Gasteiger partial charge in [0.05, 0.1) is 6.61 Å². The van der Waals surface area contributed by atoms with Crippen LogP contribution in [-0.4, -0.2) is 38.3 Å². The van der Waals surface area contributed by atoms with Gasteiger partial charge in [0, 0.05) is 18.8 Å². The van der Waals surface area contributed by atoms with Crippen molar-refractivity contribution in [3.8, 4) is 0 Å². The van der Waals surface area contributed by atoms with Gasteiger partial charge in [0.1, 0.15) is 16.7 Å². The summed E-state index contributed by atoms with van der Waals surface area (Å²) in [5.74, 6) is -0.566. The van der Waals surface area contributed by atoms with E-state index in [1.54, 1.807) is 11.5 Å². The smallest absolute Gasteiger partial charge is 0.355 e. The van der Waals surface area contributed by atoms with E-state index in [9.17, 15) is 13.2 Å². The highest BCUT2D eigenvalue weighted by atomic mass is 32.2. The number of hydrogen-bond donors (Lipinski definition) is 1. The second kappa shape index (κ2) is 6.17. The molecule has 21 heavy (non-hydrogen) atoms. The van der Waals surface area contributed by atoms with Gasteiger partial charge in [0.25, 0.3) is 0 Å². The molecule has 8 heteroatoms. The molecule has 2 N–H and O–H groups in total. The maximum atomic E-state index is 12.2. The van der Waals surface area contributed by atoms with Gasteiger partial charge in [0.2, 0.25) is 10.0 Å². The summed E-state index contributed by atoms with van der Waals surface area (Å²) in [7, 11) is -3.84. The molecule has 0 aromatic carbocycles. The zero-order valence-corrected chi connectivity index (χ0v) is 12.9. The van der Waals surface area contributed by atoms with Gasteiger partial charge in [-0.1, -0.05) is 0 Å². The molecule has 0 radical (unpaired) electrons. The molecule has 0 aliphatic heterocycles. The van der Waals surface area contributed by atoms with Crippen molar-refractivity contribution in [1.82, 2.24) is 4.57 Å². The van der Waals surface area contributed by atoms with Gasteiger partial charge in [-0.15, -0.1) is 0 Å². The minimum atomic E-state index is -3.84. The van der Waals surface area contributed by atoms with Gasteiger partial charge < -0.3 is 14.0 Å². The van der Waals surface area contributed by atoms with Crippen molar-refractivity contribution in [2.24, 2.45) is 5.14 Å². The first-order chi connectivity index (χ1) is 9.82. The summed E-state index contributed by atoms with van der Waals surface area (Å²) >= 11 is 0. The number of nitrogens with two attached hydrogens (primary N) is 1. The van der Waals surface area contributed by atoms with E-state index in [2.05, 4.69) is 0 Å². The molecular formula is C13H20N2O5S. The van der Waals surface area contributed by atoms with E-state index in [1.165, 1.54) is 12.3 Å². The number of esters is 1. The zero-order chi connectivity index (χ0) is 15.6. The number of carbonyl (C=O) groups excluding carboxylic acids is 1. The lowest BCUT2D eigenvalue weighted by Gasteiger charge is -2.14. The van der Waals surface area contributed by atoms with Crippen molar-refractivity contribution in [3.05, 3.63) is 18.0 Å². The molecule has 1 aliphatic rings. The molecule has 1 saturated carbocycles. The average Bonchev–Trinajstić information content (AvgIpc) is 3.13. The molecule has 0 bridgehead atoms. The Morgan fingerprint density at radius 1 is 1.52 bits per heavy atom. The van der Waals surface area contributed by atoms with Crippen molar-refractivity contribution in [3.63, 3.8) is 0 Å². The third-order valence-corrected chi connectivity index (χ3v) is 4.05. The second-order valence-corrected chi connectivity index (χ2v) is 6.68. The van der Waals surface area contributed by atoms with Gasteiger partial charge >= 0.3 is 5.97 Å². The molecule has 1 aromatic rings. The van der Waals surface area contributed by atoms with E-state index in [0.717, 1.165) is 12.8 Å². The molecule has 0 saturated heterocycles. The number of sulfonamides is 1. The quantitative estimate of drug-likeness (QED) is 0.758. The molecule has 0 spiro atoms. The van der Waals surface area contributed by atoms with Crippen LogP contribution >= 0.6 is 0 Å². The first kappa shape index (κ1) is 16.0. The van der Waals surface area contributed by atoms with E-state index in [4.69, 9.17) is 14.6 Å². The SMILES string of the molecule is CCOCC(C)OC(=O)c1cc(S(N)(=O)=O)cn1C1CC1. The summed E-state index contributed by atoms with van der Waals surface area (Å²) < 4.78 is 34.9. The summed E-state index contributed by atoms with van der Waals surface area (Å²) in [6.07, 6.45) is 2.82. The Bertz CT molecular complexity index is 619. The lowest BCUT2D eigenvalue weighted by atomic mass is 10.4. The standard InChI is InChI=1S/C13H20N2O5S/c1-3-19-8-9(2)20-13(16)12-6-11(21(14,17)18)7-15(12)10-4-5-10/h6-7,9-10H,3-5,8H2,1-2H3,(H2,14,17,18). The third kappa shape index (κ3) is 4.05. The van der Waals surface area contributed by atoms with Crippen LogP contribution in [0.5, 0.6) is 0 Å². The highest BCUT2D eigenvalue weighted by Crippen LogP contribution is 2.37. The molecular weight excluding hydrogens is 296 g/mol. The fourth-order valence-corrected chi connectivity index (χ4v) is 2.53. The first-order valence-corrected chi connectivity index (χ1v) is 8.41. The number of carbonyl (C=O) groups is 1. The Kier molecular flexibility index (Phi) is 4.70.